The predicted octanol–water partition coefficient (Wildman–Crippen LogP) is 5.97. The molecule has 0 aliphatic rings. The minimum absolute atomic E-state index is 0.0762. The zero-order valence-corrected chi connectivity index (χ0v) is 29.1. The summed E-state index contributed by atoms with van der Waals surface area (Å²) in [5.74, 6) is -2.02. The molecule has 0 heterocycles. The van der Waals surface area contributed by atoms with Crippen LogP contribution in [0.5, 0.6) is 0 Å². The van der Waals surface area contributed by atoms with Gasteiger partial charge in [-0.15, -0.1) is 0 Å². The van der Waals surface area contributed by atoms with E-state index in [4.69, 9.17) is 15.9 Å². The molecule has 0 saturated heterocycles. The van der Waals surface area contributed by atoms with Gasteiger partial charge in [0.15, 0.2) is 0 Å². The molecule has 3 amide bonds. The zero-order valence-electron chi connectivity index (χ0n) is 29.1. The maximum absolute atomic E-state index is 14.4. The normalized spacial score (nSPS) is 13.2. The molecule has 0 saturated carbocycles. The summed E-state index contributed by atoms with van der Waals surface area (Å²) in [6, 6.07) is 22.6. The Kier molecular flexibility index (Phi) is 12.6. The Morgan fingerprint density at radius 2 is 1.21 bits per heavy atom. The van der Waals surface area contributed by atoms with Gasteiger partial charge < -0.3 is 20.1 Å². The Balaban J connectivity index is 2.08. The number of ether oxygens (including phenoxy) is 2. The van der Waals surface area contributed by atoms with Crippen LogP contribution in [0.2, 0.25) is 0 Å². The summed E-state index contributed by atoms with van der Waals surface area (Å²) in [4.78, 5) is 56.2. The van der Waals surface area contributed by atoms with Crippen LogP contribution in [-0.4, -0.2) is 52.1 Å². The molecule has 9 nitrogen and oxygen atoms in total. The van der Waals surface area contributed by atoms with Crippen LogP contribution >= 0.6 is 0 Å². The first kappa shape index (κ1) is 37.4. The number of hydrogen-bond acceptors (Lipinski definition) is 6. The third-order valence-corrected chi connectivity index (χ3v) is 7.00. The molecular weight excluding hydrogens is 606 g/mol. The molecule has 0 bridgehead atoms. The van der Waals surface area contributed by atoms with Crippen molar-refractivity contribution >= 4 is 23.9 Å². The van der Waals surface area contributed by atoms with E-state index in [1.54, 1.807) is 53.7 Å². The predicted molar refractivity (Wildman–Crippen MR) is 186 cm³/mol. The average molecular weight is 654 g/mol. The van der Waals surface area contributed by atoms with Crippen molar-refractivity contribution in [3.63, 3.8) is 0 Å². The van der Waals surface area contributed by atoms with Crippen molar-refractivity contribution in [2.45, 2.75) is 97.6 Å². The highest BCUT2D eigenvalue weighted by Gasteiger charge is 2.38. The summed E-state index contributed by atoms with van der Waals surface area (Å²) in [7, 11) is 0. The van der Waals surface area contributed by atoms with Gasteiger partial charge >= 0.3 is 12.1 Å². The van der Waals surface area contributed by atoms with Crippen LogP contribution in [0.4, 0.5) is 4.79 Å². The molecule has 3 atom stereocenters. The fraction of sp³-hybridized carbons (Fsp3) is 0.385. The van der Waals surface area contributed by atoms with E-state index in [0.717, 1.165) is 27.2 Å². The highest BCUT2D eigenvalue weighted by molar-refractivity contribution is 5.95. The lowest BCUT2D eigenvalue weighted by Crippen LogP contribution is -2.54. The van der Waals surface area contributed by atoms with Gasteiger partial charge in [0.1, 0.15) is 29.3 Å². The van der Waals surface area contributed by atoms with Crippen molar-refractivity contribution in [1.82, 2.24) is 15.5 Å². The van der Waals surface area contributed by atoms with E-state index < -0.39 is 53.2 Å². The number of benzene rings is 3. The van der Waals surface area contributed by atoms with Gasteiger partial charge in [-0.05, 0) is 72.1 Å². The van der Waals surface area contributed by atoms with Gasteiger partial charge in [-0.3, -0.25) is 14.5 Å². The van der Waals surface area contributed by atoms with Crippen molar-refractivity contribution in [2.24, 2.45) is 0 Å². The molecule has 48 heavy (non-hydrogen) atoms. The molecule has 0 aromatic heterocycles. The lowest BCUT2D eigenvalue weighted by Gasteiger charge is -2.32. The second kappa shape index (κ2) is 16.1. The average Bonchev–Trinajstić information content (AvgIpc) is 2.97. The molecule has 9 heteroatoms. The van der Waals surface area contributed by atoms with Gasteiger partial charge in [-0.1, -0.05) is 96.4 Å². The smallest absolute Gasteiger partial charge is 0.408 e. The second-order valence-electron chi connectivity index (χ2n) is 13.8. The van der Waals surface area contributed by atoms with Gasteiger partial charge in [-0.25, -0.2) is 9.59 Å². The second-order valence-corrected chi connectivity index (χ2v) is 13.8. The van der Waals surface area contributed by atoms with E-state index in [1.807, 2.05) is 80.6 Å². The maximum atomic E-state index is 14.4. The van der Waals surface area contributed by atoms with E-state index in [0.29, 0.717) is 5.56 Å². The van der Waals surface area contributed by atoms with E-state index in [2.05, 4.69) is 16.7 Å². The number of nitrogens with one attached hydrogen (secondary N) is 2. The number of amides is 3. The van der Waals surface area contributed by atoms with E-state index in [1.165, 1.54) is 0 Å². The summed E-state index contributed by atoms with van der Waals surface area (Å²) in [6.45, 7) is 14.1. The van der Waals surface area contributed by atoms with Crippen LogP contribution in [0, 0.1) is 26.3 Å². The van der Waals surface area contributed by atoms with Gasteiger partial charge in [0.2, 0.25) is 5.91 Å². The van der Waals surface area contributed by atoms with Gasteiger partial charge in [0.05, 0.1) is 0 Å². The topological polar surface area (TPSA) is 114 Å². The highest BCUT2D eigenvalue weighted by Crippen LogP contribution is 2.26. The van der Waals surface area contributed by atoms with Crippen molar-refractivity contribution in [1.29, 1.82) is 0 Å². The number of carbonyl (C=O) groups excluding carboxylic acids is 4. The molecule has 3 unspecified atom stereocenters. The van der Waals surface area contributed by atoms with Crippen LogP contribution in [0.15, 0.2) is 78.9 Å². The number of carbonyl (C=O) groups is 4. The van der Waals surface area contributed by atoms with Gasteiger partial charge in [0.25, 0.3) is 5.91 Å². The monoisotopic (exact) mass is 653 g/mol. The first-order valence-corrected chi connectivity index (χ1v) is 15.9. The van der Waals surface area contributed by atoms with Crippen molar-refractivity contribution < 1.29 is 28.7 Å². The Morgan fingerprint density at radius 1 is 0.729 bits per heavy atom. The molecule has 0 aliphatic heterocycles. The lowest BCUT2D eigenvalue weighted by molar-refractivity contribution is -0.159. The number of nitrogens with zero attached hydrogens (tertiary/aromatic N) is 1. The first-order chi connectivity index (χ1) is 22.5. The standard InChI is InChI=1S/C39H47N3O6/c1-10-42(35(44)31(24-28-17-13-11-14-18-28)41-37(46)48-39(7,8)9)33(30-22-26(2)21-27(3)23-30)34(43)40-32(36(45)47-38(4,5)6)25-29-19-15-12-16-20-29/h1,11-23,31-33H,24-25H2,2-9H3,(H,40,43)(H,41,46). The number of rotatable bonds is 11. The van der Waals surface area contributed by atoms with Crippen LogP contribution in [0.3, 0.4) is 0 Å². The Bertz CT molecular complexity index is 1600. The number of terminal acetylenes is 1. The number of hydrogen-bond donors (Lipinski definition) is 2. The molecule has 0 radical (unpaired) electrons. The van der Waals surface area contributed by atoms with Crippen LogP contribution in [0.25, 0.3) is 0 Å². The van der Waals surface area contributed by atoms with E-state index >= 15 is 0 Å². The largest absolute Gasteiger partial charge is 0.458 e. The van der Waals surface area contributed by atoms with Crippen LogP contribution in [-0.2, 0) is 36.7 Å². The molecule has 3 rings (SSSR count). The highest BCUT2D eigenvalue weighted by atomic mass is 16.6. The maximum Gasteiger partial charge on any atom is 0.408 e. The summed E-state index contributed by atoms with van der Waals surface area (Å²) in [5, 5.41) is 5.51. The number of esters is 1. The molecule has 0 fully saturated rings. The molecule has 3 aromatic rings. The minimum Gasteiger partial charge on any atom is -0.458 e. The Hall–Kier alpha value is -5.10. The fourth-order valence-electron chi connectivity index (χ4n) is 5.19. The lowest BCUT2D eigenvalue weighted by atomic mass is 9.97. The number of alkyl carbamates (subject to hydrolysis) is 1. The summed E-state index contributed by atoms with van der Waals surface area (Å²) in [6.07, 6.45) is 5.43. The van der Waals surface area contributed by atoms with Crippen molar-refractivity contribution in [3.05, 3.63) is 107 Å². The number of aryl methyl sites for hydroxylation is 2. The van der Waals surface area contributed by atoms with Crippen molar-refractivity contribution in [3.8, 4) is 12.5 Å². The van der Waals surface area contributed by atoms with E-state index in [9.17, 15) is 19.2 Å². The molecule has 2 N–H and O–H groups in total. The SMILES string of the molecule is C#CN(C(=O)C(Cc1ccccc1)NC(=O)OC(C)(C)C)C(C(=O)NC(Cc1ccccc1)C(=O)OC(C)(C)C)c1cc(C)cc(C)c1. The third kappa shape index (κ3) is 11.6. The quantitative estimate of drug-likeness (QED) is 0.150. The van der Waals surface area contributed by atoms with Gasteiger partial charge in [-0.2, -0.15) is 0 Å². The van der Waals surface area contributed by atoms with E-state index in [-0.39, 0.29) is 12.8 Å². The fourth-order valence-corrected chi connectivity index (χ4v) is 5.19. The summed E-state index contributed by atoms with van der Waals surface area (Å²) < 4.78 is 11.1. The first-order valence-electron chi connectivity index (χ1n) is 15.9. The summed E-state index contributed by atoms with van der Waals surface area (Å²) in [5.41, 5.74) is 2.03. The molecule has 254 valence electrons. The molecule has 0 aliphatic carbocycles. The Labute approximate surface area is 284 Å². The van der Waals surface area contributed by atoms with Crippen molar-refractivity contribution in [2.75, 3.05) is 0 Å². The minimum atomic E-state index is -1.36. The molecule has 0 spiro atoms. The van der Waals surface area contributed by atoms with Gasteiger partial charge in [0, 0.05) is 18.9 Å². The molecular formula is C39H47N3O6. The third-order valence-electron chi connectivity index (χ3n) is 7.00. The molecule has 3 aromatic carbocycles. The van der Waals surface area contributed by atoms with Crippen LogP contribution in [0.1, 0.15) is 75.4 Å². The zero-order chi connectivity index (χ0) is 35.6. The summed E-state index contributed by atoms with van der Waals surface area (Å²) >= 11 is 0. The van der Waals surface area contributed by atoms with Crippen LogP contribution < -0.4 is 10.6 Å². The Morgan fingerprint density at radius 3 is 1.67 bits per heavy atom.